The van der Waals surface area contributed by atoms with Crippen LogP contribution >= 0.6 is 11.6 Å². The van der Waals surface area contributed by atoms with Crippen molar-refractivity contribution in [3.8, 4) is 0 Å². The van der Waals surface area contributed by atoms with Gasteiger partial charge >= 0.3 is 0 Å². The van der Waals surface area contributed by atoms with Crippen LogP contribution in [0, 0.1) is 6.92 Å². The average molecular weight is 304 g/mol. The Kier molecular flexibility index (Phi) is 5.80. The number of aryl methyl sites for hydroxylation is 1. The lowest BCUT2D eigenvalue weighted by atomic mass is 9.96. The van der Waals surface area contributed by atoms with E-state index in [1.54, 1.807) is 7.11 Å². The van der Waals surface area contributed by atoms with Gasteiger partial charge in [0.25, 0.3) is 0 Å². The minimum absolute atomic E-state index is 0.178. The molecule has 1 atom stereocenters. The molecule has 1 unspecified atom stereocenters. The molecule has 0 saturated heterocycles. The number of halogens is 1. The first-order valence-electron chi connectivity index (χ1n) is 7.16. The van der Waals surface area contributed by atoms with Gasteiger partial charge < -0.3 is 10.1 Å². The van der Waals surface area contributed by atoms with Crippen molar-refractivity contribution in [2.45, 2.75) is 19.4 Å². The topological polar surface area (TPSA) is 21.3 Å². The zero-order valence-corrected chi connectivity index (χ0v) is 13.6. The summed E-state index contributed by atoms with van der Waals surface area (Å²) in [5.41, 5.74) is 4.87. The van der Waals surface area contributed by atoms with Crippen LogP contribution in [0.2, 0.25) is 5.02 Å². The lowest BCUT2D eigenvalue weighted by Crippen LogP contribution is -2.17. The van der Waals surface area contributed by atoms with Gasteiger partial charge in [0, 0.05) is 12.1 Å². The van der Waals surface area contributed by atoms with Crippen LogP contribution in [0.5, 0.6) is 0 Å². The van der Waals surface area contributed by atoms with E-state index in [1.165, 1.54) is 16.7 Å². The molecule has 0 bridgehead atoms. The van der Waals surface area contributed by atoms with Crippen molar-refractivity contribution < 1.29 is 4.74 Å². The van der Waals surface area contributed by atoms with Crippen LogP contribution in [0.4, 0.5) is 0 Å². The molecule has 0 fully saturated rings. The summed E-state index contributed by atoms with van der Waals surface area (Å²) in [6.45, 7) is 2.79. The smallest absolute Gasteiger partial charge is 0.0574 e. The monoisotopic (exact) mass is 303 g/mol. The van der Waals surface area contributed by atoms with Gasteiger partial charge in [0.15, 0.2) is 0 Å². The maximum Gasteiger partial charge on any atom is 0.0574 e. The quantitative estimate of drug-likeness (QED) is 0.866. The van der Waals surface area contributed by atoms with Crippen LogP contribution in [0.25, 0.3) is 0 Å². The van der Waals surface area contributed by atoms with Crippen LogP contribution in [-0.2, 0) is 11.2 Å². The highest BCUT2D eigenvalue weighted by atomic mass is 35.5. The molecule has 0 amide bonds. The molecule has 3 heteroatoms. The predicted molar refractivity (Wildman–Crippen MR) is 89.1 cm³/mol. The maximum atomic E-state index is 6.11. The molecule has 2 aromatic rings. The van der Waals surface area contributed by atoms with Gasteiger partial charge in [0.2, 0.25) is 0 Å². The van der Waals surface area contributed by atoms with E-state index < -0.39 is 0 Å². The fourth-order valence-corrected chi connectivity index (χ4v) is 2.59. The number of hydrogen-bond donors (Lipinski definition) is 1. The van der Waals surface area contributed by atoms with Crippen molar-refractivity contribution >= 4 is 11.6 Å². The fourth-order valence-electron chi connectivity index (χ4n) is 2.47. The highest BCUT2D eigenvalue weighted by molar-refractivity contribution is 6.31. The second-order valence-electron chi connectivity index (χ2n) is 5.21. The van der Waals surface area contributed by atoms with Crippen LogP contribution in [0.1, 0.15) is 28.3 Å². The molecule has 2 nitrogen and oxygen atoms in total. The van der Waals surface area contributed by atoms with Gasteiger partial charge in [-0.2, -0.15) is 0 Å². The molecule has 0 heterocycles. The van der Waals surface area contributed by atoms with Crippen LogP contribution in [0.3, 0.4) is 0 Å². The number of ether oxygens (including phenoxy) is 1. The Hall–Kier alpha value is -1.35. The van der Waals surface area contributed by atoms with Crippen molar-refractivity contribution in [2.24, 2.45) is 0 Å². The van der Waals surface area contributed by atoms with Crippen molar-refractivity contribution in [2.75, 3.05) is 20.8 Å². The van der Waals surface area contributed by atoms with Crippen molar-refractivity contribution in [3.63, 3.8) is 0 Å². The minimum Gasteiger partial charge on any atom is -0.384 e. The van der Waals surface area contributed by atoms with E-state index in [0.717, 1.165) is 23.6 Å². The third-order valence-corrected chi connectivity index (χ3v) is 4.14. The molecule has 0 spiro atoms. The Balaban J connectivity index is 2.22. The summed E-state index contributed by atoms with van der Waals surface area (Å²) in [5, 5.41) is 4.18. The van der Waals surface area contributed by atoms with Gasteiger partial charge in [-0.1, -0.05) is 48.0 Å². The summed E-state index contributed by atoms with van der Waals surface area (Å²) in [5.74, 6) is 0. The molecule has 0 aromatic heterocycles. The van der Waals surface area contributed by atoms with E-state index >= 15 is 0 Å². The van der Waals surface area contributed by atoms with Crippen molar-refractivity contribution in [1.82, 2.24) is 5.32 Å². The molecule has 112 valence electrons. The summed E-state index contributed by atoms with van der Waals surface area (Å²) in [7, 11) is 3.71. The highest BCUT2D eigenvalue weighted by Gasteiger charge is 2.12. The number of methoxy groups -OCH3 is 1. The Morgan fingerprint density at radius 3 is 2.33 bits per heavy atom. The standard InChI is InChI=1S/C18H22ClNO/c1-13-12-16(8-9-17(13)19)18(20-2)15-6-4-14(5-7-15)10-11-21-3/h4-9,12,18,20H,10-11H2,1-3H3. The number of hydrogen-bond acceptors (Lipinski definition) is 2. The molecule has 1 N–H and O–H groups in total. The average Bonchev–Trinajstić information content (AvgIpc) is 2.50. The summed E-state index contributed by atoms with van der Waals surface area (Å²) in [4.78, 5) is 0. The van der Waals surface area contributed by atoms with Gasteiger partial charge in [-0.05, 0) is 48.7 Å². The molecule has 21 heavy (non-hydrogen) atoms. The lowest BCUT2D eigenvalue weighted by molar-refractivity contribution is 0.202. The number of rotatable bonds is 6. The van der Waals surface area contributed by atoms with E-state index in [0.29, 0.717) is 0 Å². The van der Waals surface area contributed by atoms with Crippen LogP contribution in [0.15, 0.2) is 42.5 Å². The minimum atomic E-state index is 0.178. The van der Waals surface area contributed by atoms with Gasteiger partial charge in [-0.15, -0.1) is 0 Å². The Bertz CT molecular complexity index is 580. The zero-order chi connectivity index (χ0) is 15.2. The molecule has 0 saturated carbocycles. The second kappa shape index (κ2) is 7.60. The Morgan fingerprint density at radius 1 is 1.10 bits per heavy atom. The van der Waals surface area contributed by atoms with Gasteiger partial charge in [0.05, 0.1) is 12.6 Å². The SMILES string of the molecule is CNC(c1ccc(CCOC)cc1)c1ccc(Cl)c(C)c1. The first kappa shape index (κ1) is 16.0. The number of nitrogens with one attached hydrogen (secondary N) is 1. The Morgan fingerprint density at radius 2 is 1.76 bits per heavy atom. The van der Waals surface area contributed by atoms with Crippen molar-refractivity contribution in [1.29, 1.82) is 0 Å². The third-order valence-electron chi connectivity index (χ3n) is 3.71. The molecule has 0 aliphatic rings. The van der Waals surface area contributed by atoms with Crippen LogP contribution < -0.4 is 5.32 Å². The predicted octanol–water partition coefficient (Wildman–Crippen LogP) is 4.15. The normalized spacial score (nSPS) is 12.4. The molecule has 2 aromatic carbocycles. The summed E-state index contributed by atoms with van der Waals surface area (Å²) in [6.07, 6.45) is 0.945. The number of benzene rings is 2. The first-order chi connectivity index (χ1) is 10.2. The first-order valence-corrected chi connectivity index (χ1v) is 7.54. The van der Waals surface area contributed by atoms with E-state index in [9.17, 15) is 0 Å². The van der Waals surface area contributed by atoms with E-state index in [4.69, 9.17) is 16.3 Å². The maximum absolute atomic E-state index is 6.11. The highest BCUT2D eigenvalue weighted by Crippen LogP contribution is 2.26. The molecule has 2 rings (SSSR count). The van der Waals surface area contributed by atoms with E-state index in [1.807, 2.05) is 20.0 Å². The fraction of sp³-hybridized carbons (Fsp3) is 0.333. The van der Waals surface area contributed by atoms with E-state index in [-0.39, 0.29) is 6.04 Å². The molecular formula is C18H22ClNO. The van der Waals surface area contributed by atoms with Gasteiger partial charge in [0.1, 0.15) is 0 Å². The summed E-state index contributed by atoms with van der Waals surface area (Å²) < 4.78 is 5.11. The van der Waals surface area contributed by atoms with E-state index in [2.05, 4.69) is 41.7 Å². The lowest BCUT2D eigenvalue weighted by Gasteiger charge is -2.18. The zero-order valence-electron chi connectivity index (χ0n) is 12.8. The summed E-state index contributed by atoms with van der Waals surface area (Å²) >= 11 is 6.11. The van der Waals surface area contributed by atoms with Gasteiger partial charge in [-0.3, -0.25) is 0 Å². The molecule has 0 aliphatic heterocycles. The second-order valence-corrected chi connectivity index (χ2v) is 5.62. The molecule has 0 radical (unpaired) electrons. The van der Waals surface area contributed by atoms with Gasteiger partial charge in [-0.25, -0.2) is 0 Å². The molecular weight excluding hydrogens is 282 g/mol. The van der Waals surface area contributed by atoms with Crippen molar-refractivity contribution in [3.05, 3.63) is 69.7 Å². The Labute approximate surface area is 132 Å². The molecule has 0 aliphatic carbocycles. The third kappa shape index (κ3) is 4.07. The largest absolute Gasteiger partial charge is 0.384 e. The van der Waals surface area contributed by atoms with Crippen LogP contribution in [-0.4, -0.2) is 20.8 Å². The summed E-state index contributed by atoms with van der Waals surface area (Å²) in [6, 6.07) is 15.0.